The van der Waals surface area contributed by atoms with E-state index in [2.05, 4.69) is 4.98 Å². The third-order valence-corrected chi connectivity index (χ3v) is 1.96. The Balaban J connectivity index is 2.44. The number of aromatic amines is 1. The predicted octanol–water partition coefficient (Wildman–Crippen LogP) is 2.18. The summed E-state index contributed by atoms with van der Waals surface area (Å²) < 4.78 is 12.6. The molecule has 1 aromatic carbocycles. The lowest BCUT2D eigenvalue weighted by atomic mass is 10.1. The molecule has 1 heterocycles. The summed E-state index contributed by atoms with van der Waals surface area (Å²) in [5, 5.41) is 0. The molecule has 2 aromatic rings. The summed E-state index contributed by atoms with van der Waals surface area (Å²) in [6.07, 6.45) is 1.61. The summed E-state index contributed by atoms with van der Waals surface area (Å²) in [7, 11) is 0. The maximum Gasteiger partial charge on any atom is 0.247 e. The van der Waals surface area contributed by atoms with Gasteiger partial charge in [0.2, 0.25) is 5.56 Å². The summed E-state index contributed by atoms with van der Waals surface area (Å²) in [4.78, 5) is 13.4. The first-order valence-electron chi connectivity index (χ1n) is 4.20. The van der Waals surface area contributed by atoms with E-state index in [-0.39, 0.29) is 11.4 Å². The largest absolute Gasteiger partial charge is 0.328 e. The highest BCUT2D eigenvalue weighted by molar-refractivity contribution is 5.61. The van der Waals surface area contributed by atoms with Gasteiger partial charge in [-0.25, -0.2) is 4.39 Å². The van der Waals surface area contributed by atoms with Crippen molar-refractivity contribution in [3.05, 3.63) is 58.8 Å². The molecule has 0 saturated heterocycles. The number of H-pyrrole nitrogens is 1. The highest BCUT2D eigenvalue weighted by Crippen LogP contribution is 2.16. The van der Waals surface area contributed by atoms with E-state index in [9.17, 15) is 9.18 Å². The lowest BCUT2D eigenvalue weighted by molar-refractivity contribution is 0.628. The zero-order chi connectivity index (χ0) is 9.97. The van der Waals surface area contributed by atoms with Crippen LogP contribution in [0.2, 0.25) is 0 Å². The van der Waals surface area contributed by atoms with Gasteiger partial charge in [0, 0.05) is 12.3 Å². The average molecular weight is 189 g/mol. The Bertz CT molecular complexity index is 467. The summed E-state index contributed by atoms with van der Waals surface area (Å²) in [6, 6.07) is 9.26. The highest BCUT2D eigenvalue weighted by Gasteiger charge is 1.96. The lowest BCUT2D eigenvalue weighted by Gasteiger charge is -1.99. The summed E-state index contributed by atoms with van der Waals surface area (Å²) >= 11 is 0. The van der Waals surface area contributed by atoms with Gasteiger partial charge in [0.15, 0.2) is 0 Å². The molecule has 2 nitrogen and oxygen atoms in total. The minimum absolute atomic E-state index is 0.143. The molecule has 0 spiro atoms. The van der Waals surface area contributed by atoms with Crippen LogP contribution in [0.3, 0.4) is 0 Å². The van der Waals surface area contributed by atoms with Crippen molar-refractivity contribution >= 4 is 0 Å². The predicted molar refractivity (Wildman–Crippen MR) is 52.5 cm³/mol. The van der Waals surface area contributed by atoms with Crippen LogP contribution in [-0.2, 0) is 0 Å². The molecule has 70 valence electrons. The molecule has 14 heavy (non-hydrogen) atoms. The van der Waals surface area contributed by atoms with E-state index in [0.717, 1.165) is 11.1 Å². The molecule has 0 radical (unpaired) electrons. The van der Waals surface area contributed by atoms with E-state index in [0.29, 0.717) is 0 Å². The highest BCUT2D eigenvalue weighted by atomic mass is 19.1. The molecule has 0 bridgehead atoms. The monoisotopic (exact) mass is 189 g/mol. The maximum absolute atomic E-state index is 12.6. The molecular weight excluding hydrogens is 181 g/mol. The molecule has 0 saturated carbocycles. The van der Waals surface area contributed by atoms with Gasteiger partial charge in [0.1, 0.15) is 5.82 Å². The van der Waals surface area contributed by atoms with Crippen molar-refractivity contribution in [2.75, 3.05) is 0 Å². The second-order valence-corrected chi connectivity index (χ2v) is 2.95. The minimum Gasteiger partial charge on any atom is -0.328 e. The number of pyridine rings is 1. The molecule has 0 aliphatic rings. The first-order valence-corrected chi connectivity index (χ1v) is 4.20. The van der Waals surface area contributed by atoms with Crippen molar-refractivity contribution in [2.24, 2.45) is 0 Å². The van der Waals surface area contributed by atoms with Crippen LogP contribution >= 0.6 is 0 Å². The molecule has 0 amide bonds. The van der Waals surface area contributed by atoms with Gasteiger partial charge in [-0.05, 0) is 29.3 Å². The standard InChI is InChI=1S/C11H8FNO/c12-10-4-1-8(2-5-10)9-3-6-11(14)13-7-9/h1-7H,(H,13,14). The molecule has 0 aliphatic heterocycles. The number of rotatable bonds is 1. The second kappa shape index (κ2) is 3.46. The zero-order valence-electron chi connectivity index (χ0n) is 7.33. The molecule has 0 atom stereocenters. The number of hydrogen-bond acceptors (Lipinski definition) is 1. The van der Waals surface area contributed by atoms with Crippen LogP contribution < -0.4 is 5.56 Å². The molecule has 1 aromatic heterocycles. The first kappa shape index (κ1) is 8.69. The van der Waals surface area contributed by atoms with Crippen LogP contribution in [0.4, 0.5) is 4.39 Å². The zero-order valence-corrected chi connectivity index (χ0v) is 7.33. The van der Waals surface area contributed by atoms with Gasteiger partial charge in [-0.1, -0.05) is 12.1 Å². The Morgan fingerprint density at radius 3 is 2.14 bits per heavy atom. The van der Waals surface area contributed by atoms with Crippen LogP contribution in [0.5, 0.6) is 0 Å². The SMILES string of the molecule is O=c1ccc(-c2ccc(F)cc2)c[nH]1. The third-order valence-electron chi connectivity index (χ3n) is 1.96. The number of benzene rings is 1. The van der Waals surface area contributed by atoms with Gasteiger partial charge < -0.3 is 4.98 Å². The van der Waals surface area contributed by atoms with E-state index in [1.807, 2.05) is 0 Å². The van der Waals surface area contributed by atoms with Crippen molar-refractivity contribution in [1.82, 2.24) is 4.98 Å². The number of aromatic nitrogens is 1. The van der Waals surface area contributed by atoms with Crippen LogP contribution in [0.15, 0.2) is 47.4 Å². The van der Waals surface area contributed by atoms with Crippen molar-refractivity contribution < 1.29 is 4.39 Å². The van der Waals surface area contributed by atoms with E-state index in [1.165, 1.54) is 18.2 Å². The Labute approximate surface area is 80.0 Å². The molecule has 0 aliphatic carbocycles. The fourth-order valence-electron chi connectivity index (χ4n) is 1.23. The van der Waals surface area contributed by atoms with Gasteiger partial charge in [0.25, 0.3) is 0 Å². The second-order valence-electron chi connectivity index (χ2n) is 2.95. The van der Waals surface area contributed by atoms with Gasteiger partial charge in [-0.3, -0.25) is 4.79 Å². The van der Waals surface area contributed by atoms with Gasteiger partial charge in [0.05, 0.1) is 0 Å². The Morgan fingerprint density at radius 2 is 1.57 bits per heavy atom. The lowest BCUT2D eigenvalue weighted by Crippen LogP contribution is -2.01. The molecule has 1 N–H and O–H groups in total. The van der Waals surface area contributed by atoms with Crippen LogP contribution in [-0.4, -0.2) is 4.98 Å². The van der Waals surface area contributed by atoms with E-state index in [1.54, 1.807) is 24.4 Å². The smallest absolute Gasteiger partial charge is 0.247 e. The number of nitrogens with one attached hydrogen (secondary N) is 1. The topological polar surface area (TPSA) is 32.9 Å². The fraction of sp³-hybridized carbons (Fsp3) is 0. The first-order chi connectivity index (χ1) is 6.75. The van der Waals surface area contributed by atoms with E-state index < -0.39 is 0 Å². The Hall–Kier alpha value is -1.90. The number of halogens is 1. The quantitative estimate of drug-likeness (QED) is 0.732. The number of hydrogen-bond donors (Lipinski definition) is 1. The van der Waals surface area contributed by atoms with Crippen molar-refractivity contribution in [2.45, 2.75) is 0 Å². The van der Waals surface area contributed by atoms with Gasteiger partial charge in [-0.2, -0.15) is 0 Å². The van der Waals surface area contributed by atoms with Crippen molar-refractivity contribution in [3.63, 3.8) is 0 Å². The summed E-state index contributed by atoms with van der Waals surface area (Å²) in [5.74, 6) is -0.266. The van der Waals surface area contributed by atoms with Gasteiger partial charge >= 0.3 is 0 Å². The fourth-order valence-corrected chi connectivity index (χ4v) is 1.23. The Morgan fingerprint density at radius 1 is 0.929 bits per heavy atom. The molecule has 3 heteroatoms. The maximum atomic E-state index is 12.6. The van der Waals surface area contributed by atoms with Crippen LogP contribution in [0, 0.1) is 5.82 Å². The van der Waals surface area contributed by atoms with Crippen molar-refractivity contribution in [3.8, 4) is 11.1 Å². The van der Waals surface area contributed by atoms with Gasteiger partial charge in [-0.15, -0.1) is 0 Å². The summed E-state index contributed by atoms with van der Waals surface area (Å²) in [5.41, 5.74) is 1.60. The van der Waals surface area contributed by atoms with E-state index >= 15 is 0 Å². The average Bonchev–Trinajstić information content (AvgIpc) is 2.21. The summed E-state index contributed by atoms with van der Waals surface area (Å²) in [6.45, 7) is 0. The molecule has 0 unspecified atom stereocenters. The third kappa shape index (κ3) is 1.71. The Kier molecular flexibility index (Phi) is 2.14. The normalized spacial score (nSPS) is 10.1. The van der Waals surface area contributed by atoms with Crippen molar-refractivity contribution in [1.29, 1.82) is 0 Å². The molecule has 2 rings (SSSR count). The van der Waals surface area contributed by atoms with Crippen LogP contribution in [0.25, 0.3) is 11.1 Å². The minimum atomic E-state index is -0.266. The van der Waals surface area contributed by atoms with E-state index in [4.69, 9.17) is 0 Å². The molecular formula is C11H8FNO. The molecule has 0 fully saturated rings. The van der Waals surface area contributed by atoms with Crippen LogP contribution in [0.1, 0.15) is 0 Å².